The molecule has 2 nitrogen and oxygen atoms in total. The molecule has 0 fully saturated rings. The van der Waals surface area contributed by atoms with Crippen molar-refractivity contribution in [3.05, 3.63) is 234 Å². The molecule has 288 valence electrons. The summed E-state index contributed by atoms with van der Waals surface area (Å²) in [5, 5.41) is 2.59. The molecule has 3 heteroatoms. The lowest BCUT2D eigenvalue weighted by molar-refractivity contribution is 0.436. The summed E-state index contributed by atoms with van der Waals surface area (Å²) in [6.07, 6.45) is 0. The molecule has 0 radical (unpaired) electrons. The van der Waals surface area contributed by atoms with Gasteiger partial charge in [-0.25, -0.2) is 0 Å². The number of thiophene rings is 1. The van der Waals surface area contributed by atoms with Gasteiger partial charge in [0.15, 0.2) is 0 Å². The van der Waals surface area contributed by atoms with Gasteiger partial charge in [-0.2, -0.15) is 0 Å². The highest BCUT2D eigenvalue weighted by molar-refractivity contribution is 7.26. The van der Waals surface area contributed by atoms with Crippen LogP contribution >= 0.6 is 11.3 Å². The number of rotatable bonds is 4. The summed E-state index contributed by atoms with van der Waals surface area (Å²) in [5.74, 6) is 1.83. The average Bonchev–Trinajstić information content (AvgIpc) is 3.89. The molecule has 1 spiro atoms. The Kier molecular flexibility index (Phi) is 7.19. The Morgan fingerprint density at radius 3 is 1.75 bits per heavy atom. The molecule has 2 heterocycles. The van der Waals surface area contributed by atoms with Gasteiger partial charge in [-0.15, -0.1) is 11.3 Å². The van der Waals surface area contributed by atoms with Crippen molar-refractivity contribution >= 4 is 48.6 Å². The minimum atomic E-state index is -0.491. The van der Waals surface area contributed by atoms with E-state index in [9.17, 15) is 0 Å². The van der Waals surface area contributed by atoms with Gasteiger partial charge in [-0.1, -0.05) is 147 Å². The van der Waals surface area contributed by atoms with Crippen molar-refractivity contribution in [2.45, 2.75) is 24.7 Å². The van der Waals surface area contributed by atoms with E-state index in [1.54, 1.807) is 0 Å². The number of hydrogen-bond donors (Lipinski definition) is 0. The highest BCUT2D eigenvalue weighted by atomic mass is 32.1. The van der Waals surface area contributed by atoms with Gasteiger partial charge in [-0.3, -0.25) is 0 Å². The second kappa shape index (κ2) is 12.7. The van der Waals surface area contributed by atoms with Crippen LogP contribution in [0.3, 0.4) is 0 Å². The fraction of sp³-hybridized carbons (Fsp3) is 0.0690. The third-order valence-corrected chi connectivity index (χ3v) is 14.8. The summed E-state index contributed by atoms with van der Waals surface area (Å²) in [7, 11) is 0. The number of nitrogens with zero attached hydrogens (tertiary/aromatic N) is 1. The van der Waals surface area contributed by atoms with Crippen LogP contribution in [0, 0.1) is 0 Å². The Balaban J connectivity index is 0.999. The molecular formula is C58H39NOS. The van der Waals surface area contributed by atoms with Crippen molar-refractivity contribution in [3.63, 3.8) is 0 Å². The number of para-hydroxylation sites is 3. The molecule has 0 atom stereocenters. The zero-order valence-electron chi connectivity index (χ0n) is 33.8. The average molecular weight is 798 g/mol. The molecule has 13 rings (SSSR count). The summed E-state index contributed by atoms with van der Waals surface area (Å²) in [6, 6.07) is 73.9. The predicted molar refractivity (Wildman–Crippen MR) is 254 cm³/mol. The number of anilines is 3. The molecule has 10 aromatic rings. The third kappa shape index (κ3) is 4.73. The summed E-state index contributed by atoms with van der Waals surface area (Å²) in [4.78, 5) is 2.42. The smallest absolute Gasteiger partial charge is 0.132 e. The van der Waals surface area contributed by atoms with Crippen LogP contribution in [0.15, 0.2) is 200 Å². The maximum absolute atomic E-state index is 6.62. The van der Waals surface area contributed by atoms with E-state index in [0.717, 1.165) is 28.6 Å². The van der Waals surface area contributed by atoms with Crippen LogP contribution in [0.25, 0.3) is 53.6 Å². The minimum absolute atomic E-state index is 0.0976. The molecule has 3 aliphatic rings. The standard InChI is InChI=1S/C58H39NOS/c1-57(2)46-23-8-6-20-41(46)43-31-30-39(33-50(43)57)59(37-17-4-3-5-18-37)38-19-14-16-36(32-38)40-22-15-29-54-56(40)45-34-44-42-21-7-9-24-47(42)58(51(44)35-55(45)61-54)48-25-10-12-27-52(48)60-53-28-13-11-26-49(53)58/h3-35H,1-2H3. The maximum atomic E-state index is 6.62. The molecular weight excluding hydrogens is 759 g/mol. The SMILES string of the molecule is CC1(C)c2ccccc2-c2ccc(N(c3ccccc3)c3cccc(-c4cccc5sc6cc7c(cc6c45)-c4ccccc4C74c5ccccc5Oc5ccccc54)c3)cc21. The van der Waals surface area contributed by atoms with E-state index in [1.165, 1.54) is 86.9 Å². The Morgan fingerprint density at radius 2 is 0.984 bits per heavy atom. The summed E-state index contributed by atoms with van der Waals surface area (Å²) < 4.78 is 9.20. The van der Waals surface area contributed by atoms with Gasteiger partial charge >= 0.3 is 0 Å². The molecule has 1 aromatic heterocycles. The lowest BCUT2D eigenvalue weighted by Gasteiger charge is -2.39. The van der Waals surface area contributed by atoms with Crippen LogP contribution in [-0.2, 0) is 10.8 Å². The van der Waals surface area contributed by atoms with Crippen molar-refractivity contribution in [2.75, 3.05) is 4.90 Å². The first-order valence-electron chi connectivity index (χ1n) is 21.2. The van der Waals surface area contributed by atoms with E-state index in [2.05, 4.69) is 219 Å². The van der Waals surface area contributed by atoms with E-state index in [1.807, 2.05) is 11.3 Å². The van der Waals surface area contributed by atoms with Gasteiger partial charge in [0.05, 0.1) is 5.41 Å². The van der Waals surface area contributed by atoms with E-state index >= 15 is 0 Å². The van der Waals surface area contributed by atoms with Crippen molar-refractivity contribution in [1.29, 1.82) is 0 Å². The largest absolute Gasteiger partial charge is 0.457 e. The lowest BCUT2D eigenvalue weighted by Crippen LogP contribution is -2.32. The molecule has 0 saturated carbocycles. The monoisotopic (exact) mass is 797 g/mol. The molecule has 0 saturated heterocycles. The quantitative estimate of drug-likeness (QED) is 0.176. The van der Waals surface area contributed by atoms with Crippen LogP contribution in [-0.4, -0.2) is 0 Å². The second-order valence-electron chi connectivity index (χ2n) is 17.2. The van der Waals surface area contributed by atoms with E-state index < -0.39 is 5.41 Å². The maximum Gasteiger partial charge on any atom is 0.132 e. The van der Waals surface area contributed by atoms with Crippen molar-refractivity contribution < 1.29 is 4.74 Å². The van der Waals surface area contributed by atoms with Gasteiger partial charge in [0, 0.05) is 53.8 Å². The summed E-state index contributed by atoms with van der Waals surface area (Å²) >= 11 is 1.89. The molecule has 0 N–H and O–H groups in total. The van der Waals surface area contributed by atoms with Gasteiger partial charge in [0.2, 0.25) is 0 Å². The van der Waals surface area contributed by atoms with Crippen LogP contribution < -0.4 is 9.64 Å². The Morgan fingerprint density at radius 1 is 0.393 bits per heavy atom. The summed E-state index contributed by atoms with van der Waals surface area (Å²) in [6.45, 7) is 4.71. The predicted octanol–water partition coefficient (Wildman–Crippen LogP) is 16.0. The Bertz CT molecular complexity index is 3400. The molecule has 0 unspecified atom stereocenters. The van der Waals surface area contributed by atoms with Crippen LogP contribution in [0.4, 0.5) is 17.1 Å². The minimum Gasteiger partial charge on any atom is -0.457 e. The van der Waals surface area contributed by atoms with Gasteiger partial charge in [-0.05, 0) is 122 Å². The van der Waals surface area contributed by atoms with Crippen molar-refractivity contribution in [2.24, 2.45) is 0 Å². The first-order valence-corrected chi connectivity index (χ1v) is 22.0. The Labute approximate surface area is 359 Å². The van der Waals surface area contributed by atoms with Gasteiger partial charge < -0.3 is 9.64 Å². The first-order chi connectivity index (χ1) is 30.0. The fourth-order valence-corrected chi connectivity index (χ4v) is 12.2. The van der Waals surface area contributed by atoms with E-state index in [0.29, 0.717) is 0 Å². The fourth-order valence-electron chi connectivity index (χ4n) is 11.1. The number of ether oxygens (including phenoxy) is 1. The van der Waals surface area contributed by atoms with E-state index in [4.69, 9.17) is 4.74 Å². The molecule has 9 aromatic carbocycles. The van der Waals surface area contributed by atoms with Crippen molar-refractivity contribution in [3.8, 4) is 44.9 Å². The van der Waals surface area contributed by atoms with Crippen molar-refractivity contribution in [1.82, 2.24) is 0 Å². The normalized spacial score (nSPS) is 14.5. The van der Waals surface area contributed by atoms with E-state index in [-0.39, 0.29) is 5.41 Å². The summed E-state index contributed by atoms with van der Waals surface area (Å²) in [5.41, 5.74) is 18.3. The van der Waals surface area contributed by atoms with Crippen LogP contribution in [0.2, 0.25) is 0 Å². The lowest BCUT2D eigenvalue weighted by atomic mass is 9.66. The molecule has 61 heavy (non-hydrogen) atoms. The zero-order chi connectivity index (χ0) is 40.5. The van der Waals surface area contributed by atoms with Crippen LogP contribution in [0.1, 0.15) is 47.2 Å². The molecule has 1 aliphatic heterocycles. The Hall–Kier alpha value is -7.20. The number of benzene rings is 9. The second-order valence-corrected chi connectivity index (χ2v) is 18.3. The third-order valence-electron chi connectivity index (χ3n) is 13.7. The number of fused-ring (bicyclic) bond motifs is 15. The molecule has 2 aliphatic carbocycles. The van der Waals surface area contributed by atoms with Gasteiger partial charge in [0.1, 0.15) is 11.5 Å². The van der Waals surface area contributed by atoms with Gasteiger partial charge in [0.25, 0.3) is 0 Å². The van der Waals surface area contributed by atoms with Crippen LogP contribution in [0.5, 0.6) is 11.5 Å². The zero-order valence-corrected chi connectivity index (χ0v) is 34.6. The molecule has 0 bridgehead atoms. The highest BCUT2D eigenvalue weighted by Crippen LogP contribution is 2.63. The molecule has 0 amide bonds. The topological polar surface area (TPSA) is 12.5 Å². The first kappa shape index (κ1) is 34.6. The highest BCUT2D eigenvalue weighted by Gasteiger charge is 2.51. The number of hydrogen-bond acceptors (Lipinski definition) is 3.